The van der Waals surface area contributed by atoms with Gasteiger partial charge in [-0.05, 0) is 32.9 Å². The Kier molecular flexibility index (Phi) is 4.87. The normalized spacial score (nSPS) is 13.5. The largest absolute Gasteiger partial charge is 0.444 e. The van der Waals surface area contributed by atoms with Crippen LogP contribution in [0.4, 0.5) is 4.79 Å². The van der Waals surface area contributed by atoms with E-state index in [1.165, 1.54) is 12.1 Å². The zero-order valence-electron chi connectivity index (χ0n) is 13.6. The number of benzene rings is 1. The average molecular weight is 334 g/mol. The van der Waals surface area contributed by atoms with E-state index in [2.05, 4.69) is 5.32 Å². The molecule has 1 aliphatic rings. The molecule has 0 aliphatic carbocycles. The Morgan fingerprint density at radius 1 is 1.08 bits per heavy atom. The van der Waals surface area contributed by atoms with Gasteiger partial charge >= 0.3 is 12.1 Å². The van der Waals surface area contributed by atoms with Crippen LogP contribution in [-0.4, -0.2) is 41.1 Å². The highest BCUT2D eigenvalue weighted by Crippen LogP contribution is 2.22. The van der Waals surface area contributed by atoms with Gasteiger partial charge in [0.05, 0.1) is 17.5 Å². The van der Waals surface area contributed by atoms with Gasteiger partial charge in [0.15, 0.2) is 0 Å². The molecule has 1 aliphatic heterocycles. The van der Waals surface area contributed by atoms with Crippen molar-refractivity contribution in [2.45, 2.75) is 32.8 Å². The van der Waals surface area contributed by atoms with Crippen LogP contribution < -0.4 is 5.32 Å². The van der Waals surface area contributed by atoms with Gasteiger partial charge in [-0.15, -0.1) is 0 Å². The van der Waals surface area contributed by atoms with Crippen LogP contribution in [0.2, 0.25) is 0 Å². The van der Waals surface area contributed by atoms with Gasteiger partial charge < -0.3 is 14.9 Å². The highest BCUT2D eigenvalue weighted by molar-refractivity contribution is 6.20. The summed E-state index contributed by atoms with van der Waals surface area (Å²) in [6.45, 7) is 5.09. The van der Waals surface area contributed by atoms with E-state index in [-0.39, 0.29) is 24.1 Å². The fourth-order valence-corrected chi connectivity index (χ4v) is 1.98. The first-order chi connectivity index (χ1) is 11.2. The molecule has 0 radical (unpaired) electrons. The number of rotatable bonds is 4. The van der Waals surface area contributed by atoms with Crippen molar-refractivity contribution in [2.24, 2.45) is 0 Å². The van der Waals surface area contributed by atoms with E-state index in [1.54, 1.807) is 32.9 Å². The number of hydrogen-bond donors (Lipinski definition) is 1. The third-order valence-electron chi connectivity index (χ3n) is 2.95. The average Bonchev–Trinajstić information content (AvgIpc) is 2.71. The summed E-state index contributed by atoms with van der Waals surface area (Å²) < 4.78 is 5.01. The Hall–Kier alpha value is -2.90. The Morgan fingerprint density at radius 2 is 1.62 bits per heavy atom. The smallest absolute Gasteiger partial charge is 0.407 e. The van der Waals surface area contributed by atoms with Gasteiger partial charge in [-0.3, -0.25) is 9.59 Å². The zero-order chi connectivity index (χ0) is 17.9. The van der Waals surface area contributed by atoms with Crippen LogP contribution in [0.25, 0.3) is 0 Å². The zero-order valence-corrected chi connectivity index (χ0v) is 13.6. The lowest BCUT2D eigenvalue weighted by atomic mass is 10.1. The number of carbonyl (C=O) groups excluding carboxylic acids is 4. The third kappa shape index (κ3) is 4.09. The molecule has 0 bridgehead atoms. The first-order valence-electron chi connectivity index (χ1n) is 7.34. The number of ether oxygens (including phenoxy) is 1. The van der Waals surface area contributed by atoms with Crippen molar-refractivity contribution in [3.05, 3.63) is 35.4 Å². The molecule has 1 aromatic carbocycles. The first-order valence-corrected chi connectivity index (χ1v) is 7.34. The molecule has 0 unspecified atom stereocenters. The maximum atomic E-state index is 12.0. The molecule has 1 N–H and O–H groups in total. The quantitative estimate of drug-likeness (QED) is 0.840. The van der Waals surface area contributed by atoms with Gasteiger partial charge in [-0.2, -0.15) is 0 Å². The molecule has 0 saturated heterocycles. The molecule has 128 valence electrons. The van der Waals surface area contributed by atoms with Crippen molar-refractivity contribution in [2.75, 3.05) is 6.54 Å². The standard InChI is InChI=1S/C16H18N2O6/c1-16(2,3)23-15(22)17-9-8-12(19)24-18-13(20)10-6-4-5-7-11(10)14(18)21/h4-7H,8-9H2,1-3H3,(H,17,22). The lowest BCUT2D eigenvalue weighted by Crippen LogP contribution is -2.36. The number of hydrogen-bond acceptors (Lipinski definition) is 6. The number of nitrogens with zero attached hydrogens (tertiary/aromatic N) is 1. The summed E-state index contributed by atoms with van der Waals surface area (Å²) >= 11 is 0. The molecule has 2 rings (SSSR count). The van der Waals surface area contributed by atoms with E-state index in [0.29, 0.717) is 5.06 Å². The lowest BCUT2D eigenvalue weighted by molar-refractivity contribution is -0.168. The van der Waals surface area contributed by atoms with Crippen LogP contribution in [0.3, 0.4) is 0 Å². The molecule has 3 amide bonds. The summed E-state index contributed by atoms with van der Waals surface area (Å²) in [5, 5.41) is 2.82. The minimum absolute atomic E-state index is 0.0447. The van der Waals surface area contributed by atoms with Gasteiger partial charge in [0, 0.05) is 6.54 Å². The second-order valence-electron chi connectivity index (χ2n) is 6.09. The fraction of sp³-hybridized carbons (Fsp3) is 0.375. The van der Waals surface area contributed by atoms with Crippen LogP contribution in [0.15, 0.2) is 24.3 Å². The number of amides is 3. The molecule has 0 atom stereocenters. The molecule has 8 nitrogen and oxygen atoms in total. The number of nitrogens with one attached hydrogen (secondary N) is 1. The highest BCUT2D eigenvalue weighted by atomic mass is 16.7. The summed E-state index contributed by atoms with van der Waals surface area (Å²) in [5.41, 5.74) is -0.283. The van der Waals surface area contributed by atoms with E-state index >= 15 is 0 Å². The number of alkyl carbamates (subject to hydrolysis) is 1. The van der Waals surface area contributed by atoms with Crippen molar-refractivity contribution >= 4 is 23.9 Å². The van der Waals surface area contributed by atoms with Crippen molar-refractivity contribution < 1.29 is 28.8 Å². The molecule has 1 aromatic rings. The molecule has 1 heterocycles. The van der Waals surface area contributed by atoms with Crippen LogP contribution in [0.5, 0.6) is 0 Å². The van der Waals surface area contributed by atoms with Crippen molar-refractivity contribution in [3.8, 4) is 0 Å². The van der Waals surface area contributed by atoms with E-state index in [9.17, 15) is 19.2 Å². The van der Waals surface area contributed by atoms with Crippen molar-refractivity contribution in [1.82, 2.24) is 10.4 Å². The molecule has 0 aromatic heterocycles. The maximum Gasteiger partial charge on any atom is 0.407 e. The molecule has 24 heavy (non-hydrogen) atoms. The van der Waals surface area contributed by atoms with E-state index in [1.807, 2.05) is 0 Å². The third-order valence-corrected chi connectivity index (χ3v) is 2.95. The summed E-state index contributed by atoms with van der Waals surface area (Å²) in [5.74, 6) is -2.20. The van der Waals surface area contributed by atoms with E-state index in [0.717, 1.165) is 0 Å². The minimum atomic E-state index is -0.819. The van der Waals surface area contributed by atoms with Gasteiger partial charge in [0.2, 0.25) is 0 Å². The van der Waals surface area contributed by atoms with Crippen molar-refractivity contribution in [1.29, 1.82) is 0 Å². The number of imide groups is 1. The number of fused-ring (bicyclic) bond motifs is 1. The Bertz CT molecular complexity index is 657. The van der Waals surface area contributed by atoms with Gasteiger partial charge in [0.25, 0.3) is 11.8 Å². The number of hydroxylamine groups is 2. The topological polar surface area (TPSA) is 102 Å². The highest BCUT2D eigenvalue weighted by Gasteiger charge is 2.38. The predicted octanol–water partition coefficient (Wildman–Crippen LogP) is 1.66. The van der Waals surface area contributed by atoms with Crippen LogP contribution in [0.1, 0.15) is 47.9 Å². The van der Waals surface area contributed by atoms with Gasteiger partial charge in [-0.1, -0.05) is 17.2 Å². The van der Waals surface area contributed by atoms with Gasteiger partial charge in [0.1, 0.15) is 5.60 Å². The van der Waals surface area contributed by atoms with Crippen LogP contribution in [-0.2, 0) is 14.4 Å². The second-order valence-corrected chi connectivity index (χ2v) is 6.09. The summed E-state index contributed by atoms with van der Waals surface area (Å²) in [6.07, 6.45) is -0.886. The maximum absolute atomic E-state index is 12.0. The number of carbonyl (C=O) groups is 4. The van der Waals surface area contributed by atoms with Crippen LogP contribution in [0, 0.1) is 0 Å². The van der Waals surface area contributed by atoms with E-state index in [4.69, 9.17) is 9.57 Å². The van der Waals surface area contributed by atoms with Gasteiger partial charge in [-0.25, -0.2) is 9.59 Å². The molecule has 0 fully saturated rings. The summed E-state index contributed by atoms with van der Waals surface area (Å²) in [4.78, 5) is 52.0. The minimum Gasteiger partial charge on any atom is -0.444 e. The first kappa shape index (κ1) is 17.5. The van der Waals surface area contributed by atoms with Crippen LogP contribution >= 0.6 is 0 Å². The van der Waals surface area contributed by atoms with E-state index < -0.39 is 29.5 Å². The molecular weight excluding hydrogens is 316 g/mol. The van der Waals surface area contributed by atoms with Crippen molar-refractivity contribution in [3.63, 3.8) is 0 Å². The monoisotopic (exact) mass is 334 g/mol. The Labute approximate surface area is 138 Å². The summed E-state index contributed by atoms with van der Waals surface area (Å²) in [7, 11) is 0. The summed E-state index contributed by atoms with van der Waals surface area (Å²) in [6, 6.07) is 6.18. The molecule has 0 spiro atoms. The second kappa shape index (κ2) is 6.69. The Balaban J connectivity index is 1.83. The Morgan fingerprint density at radius 3 is 2.12 bits per heavy atom. The molecule has 0 saturated carbocycles. The molecular formula is C16H18N2O6. The molecule has 8 heteroatoms. The predicted molar refractivity (Wildman–Crippen MR) is 81.9 cm³/mol. The SMILES string of the molecule is CC(C)(C)OC(=O)NCCC(=O)ON1C(=O)c2ccccc2C1=O. The lowest BCUT2D eigenvalue weighted by Gasteiger charge is -2.19. The fourth-order valence-electron chi connectivity index (χ4n) is 1.98.